The molecule has 0 spiro atoms. The minimum absolute atomic E-state index is 0.0160. The molecule has 3 aromatic rings. The van der Waals surface area contributed by atoms with E-state index in [9.17, 15) is 14.0 Å². The van der Waals surface area contributed by atoms with Crippen LogP contribution in [0.4, 0.5) is 4.39 Å². The van der Waals surface area contributed by atoms with Crippen molar-refractivity contribution in [1.29, 1.82) is 0 Å². The first-order valence-electron chi connectivity index (χ1n) is 11.2. The molecule has 0 atom stereocenters. The number of nitrogens with zero attached hydrogens (tertiary/aromatic N) is 3. The predicted molar refractivity (Wildman–Crippen MR) is 133 cm³/mol. The fourth-order valence-electron chi connectivity index (χ4n) is 3.12. The lowest BCUT2D eigenvalue weighted by atomic mass is 10.2. The zero-order chi connectivity index (χ0) is 25.0. The van der Waals surface area contributed by atoms with E-state index in [2.05, 4.69) is 28.0 Å². The number of nitrogens with one attached hydrogen (secondary N) is 2. The number of benzene rings is 2. The molecule has 1 aromatic heterocycles. The summed E-state index contributed by atoms with van der Waals surface area (Å²) >= 11 is 7.01. The molecule has 0 aliphatic rings. The molecule has 0 saturated carbocycles. The van der Waals surface area contributed by atoms with Crippen LogP contribution in [-0.4, -0.2) is 32.3 Å². The Bertz CT molecular complexity index is 1130. The van der Waals surface area contributed by atoms with Gasteiger partial charge >= 0.3 is 0 Å². The number of aromatic nitrogens is 3. The van der Waals surface area contributed by atoms with Gasteiger partial charge in [0.1, 0.15) is 6.61 Å². The minimum atomic E-state index is -0.452. The fraction of sp³-hybridized carbons (Fsp3) is 0.333. The second kappa shape index (κ2) is 13.7. The summed E-state index contributed by atoms with van der Waals surface area (Å²) < 4.78 is 21.4. The van der Waals surface area contributed by atoms with E-state index >= 15 is 0 Å². The van der Waals surface area contributed by atoms with E-state index in [1.165, 1.54) is 17.8 Å². The third-order valence-corrected chi connectivity index (χ3v) is 6.20. The quantitative estimate of drug-likeness (QED) is 0.203. The number of unbranched alkanes of at least 4 members (excludes halogenated alkanes) is 3. The third kappa shape index (κ3) is 8.25. The number of hydrazine groups is 1. The van der Waals surface area contributed by atoms with E-state index in [1.54, 1.807) is 42.5 Å². The summed E-state index contributed by atoms with van der Waals surface area (Å²) in [4.78, 5) is 24.4. The summed E-state index contributed by atoms with van der Waals surface area (Å²) in [7, 11) is 0. The molecule has 35 heavy (non-hydrogen) atoms. The number of rotatable bonds is 12. The summed E-state index contributed by atoms with van der Waals surface area (Å²) in [6, 6.07) is 12.5. The monoisotopic (exact) mass is 519 g/mol. The number of thioether (sulfide) groups is 1. The average molecular weight is 520 g/mol. The Morgan fingerprint density at radius 3 is 2.57 bits per heavy atom. The highest BCUT2D eigenvalue weighted by Crippen LogP contribution is 2.21. The number of para-hydroxylation sites is 1. The van der Waals surface area contributed by atoms with Gasteiger partial charge in [0.2, 0.25) is 5.91 Å². The molecule has 8 nitrogen and oxygen atoms in total. The Morgan fingerprint density at radius 2 is 1.83 bits per heavy atom. The molecule has 0 saturated heterocycles. The summed E-state index contributed by atoms with van der Waals surface area (Å²) in [6.07, 6.45) is 4.18. The van der Waals surface area contributed by atoms with Crippen LogP contribution in [0.15, 0.2) is 53.7 Å². The van der Waals surface area contributed by atoms with Crippen molar-refractivity contribution in [2.75, 3.05) is 5.75 Å². The van der Waals surface area contributed by atoms with Crippen molar-refractivity contribution in [3.05, 3.63) is 70.8 Å². The topological polar surface area (TPSA) is 98.1 Å². The predicted octanol–water partition coefficient (Wildman–Crippen LogP) is 4.78. The van der Waals surface area contributed by atoms with Gasteiger partial charge in [0.15, 0.2) is 22.5 Å². The number of carbonyl (C=O) groups is 2. The number of amides is 2. The molecule has 186 valence electrons. The SMILES string of the molecule is CCCCCCn1c(COc2ccccc2F)nnc1SCC(=O)NNC(=O)c1ccc(Cl)cc1. The molecule has 11 heteroatoms. The number of ether oxygens (including phenoxy) is 1. The Labute approximate surface area is 212 Å². The van der Waals surface area contributed by atoms with Crippen molar-refractivity contribution < 1.29 is 18.7 Å². The van der Waals surface area contributed by atoms with Crippen LogP contribution in [0.5, 0.6) is 5.75 Å². The maximum Gasteiger partial charge on any atom is 0.269 e. The summed E-state index contributed by atoms with van der Waals surface area (Å²) in [5.74, 6) is -0.605. The standard InChI is InChI=1S/C24H27ClFN5O3S/c1-2-3-4-7-14-31-21(15-34-20-9-6-5-8-19(20)26)27-30-24(31)35-16-22(32)28-29-23(33)17-10-12-18(25)13-11-17/h5-6,8-13H,2-4,7,14-16H2,1H3,(H,28,32)(H,29,33). The van der Waals surface area contributed by atoms with Crippen molar-refractivity contribution >= 4 is 35.2 Å². The first-order valence-corrected chi connectivity index (χ1v) is 12.6. The lowest BCUT2D eigenvalue weighted by molar-refractivity contribution is -0.119. The van der Waals surface area contributed by atoms with E-state index in [1.807, 2.05) is 4.57 Å². The van der Waals surface area contributed by atoms with Crippen LogP contribution < -0.4 is 15.6 Å². The Hall–Kier alpha value is -3.11. The van der Waals surface area contributed by atoms with Crippen molar-refractivity contribution in [1.82, 2.24) is 25.6 Å². The molecular weight excluding hydrogens is 493 g/mol. The van der Waals surface area contributed by atoms with Crippen molar-refractivity contribution in [3.8, 4) is 5.75 Å². The average Bonchev–Trinajstić information content (AvgIpc) is 3.25. The first-order chi connectivity index (χ1) is 17.0. The summed E-state index contributed by atoms with van der Waals surface area (Å²) in [5, 5.41) is 9.45. The van der Waals surface area contributed by atoms with Gasteiger partial charge in [-0.15, -0.1) is 10.2 Å². The van der Waals surface area contributed by atoms with Crippen LogP contribution in [0.1, 0.15) is 48.8 Å². The van der Waals surface area contributed by atoms with E-state index in [-0.39, 0.29) is 18.1 Å². The molecule has 0 aliphatic heterocycles. The number of carbonyl (C=O) groups excluding carboxylic acids is 2. The Morgan fingerprint density at radius 1 is 1.06 bits per heavy atom. The Balaban J connectivity index is 1.57. The highest BCUT2D eigenvalue weighted by Gasteiger charge is 2.16. The lowest BCUT2D eigenvalue weighted by Crippen LogP contribution is -2.42. The number of hydrogen-bond donors (Lipinski definition) is 2. The largest absolute Gasteiger partial charge is 0.483 e. The zero-order valence-electron chi connectivity index (χ0n) is 19.3. The number of hydrogen-bond acceptors (Lipinski definition) is 6. The summed E-state index contributed by atoms with van der Waals surface area (Å²) in [6.45, 7) is 2.84. The van der Waals surface area contributed by atoms with Gasteiger partial charge in [0, 0.05) is 17.1 Å². The Kier molecular flexibility index (Phi) is 10.4. The molecule has 2 aromatic carbocycles. The first kappa shape index (κ1) is 26.5. The molecular formula is C24H27ClFN5O3S. The summed E-state index contributed by atoms with van der Waals surface area (Å²) in [5.41, 5.74) is 5.13. The molecule has 0 fully saturated rings. The zero-order valence-corrected chi connectivity index (χ0v) is 20.9. The molecule has 3 rings (SSSR count). The highest BCUT2D eigenvalue weighted by molar-refractivity contribution is 7.99. The van der Waals surface area contributed by atoms with Crippen LogP contribution in [0.3, 0.4) is 0 Å². The molecule has 2 amide bonds. The van der Waals surface area contributed by atoms with E-state index in [4.69, 9.17) is 16.3 Å². The van der Waals surface area contributed by atoms with Crippen LogP contribution in [0.2, 0.25) is 5.02 Å². The highest BCUT2D eigenvalue weighted by atomic mass is 35.5. The van der Waals surface area contributed by atoms with Gasteiger partial charge in [0.25, 0.3) is 5.91 Å². The van der Waals surface area contributed by atoms with Crippen LogP contribution >= 0.6 is 23.4 Å². The van der Waals surface area contributed by atoms with Gasteiger partial charge in [-0.05, 0) is 42.8 Å². The normalized spacial score (nSPS) is 10.7. The second-order valence-electron chi connectivity index (χ2n) is 7.63. The lowest BCUT2D eigenvalue weighted by Gasteiger charge is -2.11. The maximum absolute atomic E-state index is 13.9. The minimum Gasteiger partial charge on any atom is -0.483 e. The molecule has 1 heterocycles. The third-order valence-electron chi connectivity index (χ3n) is 4.98. The maximum atomic E-state index is 13.9. The fourth-order valence-corrected chi connectivity index (χ4v) is 4.03. The molecule has 2 N–H and O–H groups in total. The molecule has 0 unspecified atom stereocenters. The van der Waals surface area contributed by atoms with Gasteiger partial charge < -0.3 is 9.30 Å². The van der Waals surface area contributed by atoms with Crippen molar-refractivity contribution in [3.63, 3.8) is 0 Å². The van der Waals surface area contributed by atoms with Crippen LogP contribution in [0.25, 0.3) is 0 Å². The van der Waals surface area contributed by atoms with Crippen molar-refractivity contribution in [2.45, 2.75) is 50.9 Å². The molecule has 0 radical (unpaired) electrons. The number of halogens is 2. The smallest absolute Gasteiger partial charge is 0.269 e. The van der Waals surface area contributed by atoms with Crippen LogP contribution in [0, 0.1) is 5.82 Å². The molecule has 0 bridgehead atoms. The van der Waals surface area contributed by atoms with Gasteiger partial charge in [0.05, 0.1) is 5.75 Å². The van der Waals surface area contributed by atoms with Crippen LogP contribution in [-0.2, 0) is 17.9 Å². The van der Waals surface area contributed by atoms with E-state index in [0.29, 0.717) is 28.1 Å². The van der Waals surface area contributed by atoms with Gasteiger partial charge in [-0.2, -0.15) is 0 Å². The van der Waals surface area contributed by atoms with Gasteiger partial charge in [-0.1, -0.05) is 61.7 Å². The van der Waals surface area contributed by atoms with E-state index in [0.717, 1.165) is 25.7 Å². The molecule has 0 aliphatic carbocycles. The van der Waals surface area contributed by atoms with E-state index < -0.39 is 17.6 Å². The van der Waals surface area contributed by atoms with Gasteiger partial charge in [-0.25, -0.2) is 4.39 Å². The van der Waals surface area contributed by atoms with Gasteiger partial charge in [-0.3, -0.25) is 20.4 Å². The second-order valence-corrected chi connectivity index (χ2v) is 9.01. The van der Waals surface area contributed by atoms with Crippen molar-refractivity contribution in [2.24, 2.45) is 0 Å².